The zero-order valence-corrected chi connectivity index (χ0v) is 9.87. The van der Waals surface area contributed by atoms with Gasteiger partial charge in [0.05, 0.1) is 13.5 Å². The number of ketones is 1. The highest BCUT2D eigenvalue weighted by atomic mass is 16.5. The summed E-state index contributed by atoms with van der Waals surface area (Å²) in [6.07, 6.45) is 0.597. The van der Waals surface area contributed by atoms with E-state index in [0.717, 1.165) is 16.7 Å². The zero-order valence-electron chi connectivity index (χ0n) is 9.87. The van der Waals surface area contributed by atoms with Crippen molar-refractivity contribution in [2.75, 3.05) is 7.11 Å². The predicted molar refractivity (Wildman–Crippen MR) is 61.3 cm³/mol. The Morgan fingerprint density at radius 2 is 1.94 bits per heavy atom. The average Bonchev–Trinajstić information content (AvgIpc) is 2.22. The van der Waals surface area contributed by atoms with E-state index in [-0.39, 0.29) is 18.2 Å². The maximum absolute atomic E-state index is 11.2. The van der Waals surface area contributed by atoms with Gasteiger partial charge in [-0.3, -0.25) is 9.59 Å². The number of carbonyl (C=O) groups is 2. The number of aryl methyl sites for hydroxylation is 1. The van der Waals surface area contributed by atoms with Gasteiger partial charge in [0.1, 0.15) is 5.78 Å². The van der Waals surface area contributed by atoms with Crippen LogP contribution in [0.15, 0.2) is 18.2 Å². The number of ether oxygens (including phenoxy) is 1. The Morgan fingerprint density at radius 3 is 2.50 bits per heavy atom. The first-order valence-corrected chi connectivity index (χ1v) is 5.18. The molecule has 3 heteroatoms. The topological polar surface area (TPSA) is 43.4 Å². The summed E-state index contributed by atoms with van der Waals surface area (Å²) >= 11 is 0. The quantitative estimate of drug-likeness (QED) is 0.727. The molecule has 1 aromatic carbocycles. The molecule has 0 fully saturated rings. The molecule has 16 heavy (non-hydrogen) atoms. The summed E-state index contributed by atoms with van der Waals surface area (Å²) in [6, 6.07) is 5.69. The molecule has 0 saturated carbocycles. The number of benzene rings is 1. The molecule has 0 radical (unpaired) electrons. The molecule has 0 spiro atoms. The van der Waals surface area contributed by atoms with Crippen LogP contribution in [0.4, 0.5) is 0 Å². The highest BCUT2D eigenvalue weighted by Crippen LogP contribution is 2.16. The number of carbonyl (C=O) groups excluding carboxylic acids is 2. The Labute approximate surface area is 95.4 Å². The Balaban J connectivity index is 3.02. The van der Waals surface area contributed by atoms with Crippen molar-refractivity contribution in [1.29, 1.82) is 0 Å². The predicted octanol–water partition coefficient (Wildman–Crippen LogP) is 1.84. The van der Waals surface area contributed by atoms with Gasteiger partial charge in [-0.1, -0.05) is 18.2 Å². The van der Waals surface area contributed by atoms with Crippen LogP contribution in [0, 0.1) is 6.92 Å². The minimum atomic E-state index is -0.282. The lowest BCUT2D eigenvalue weighted by Gasteiger charge is -2.10. The third-order valence-electron chi connectivity index (χ3n) is 2.50. The highest BCUT2D eigenvalue weighted by molar-refractivity contribution is 5.80. The number of rotatable bonds is 4. The van der Waals surface area contributed by atoms with Crippen molar-refractivity contribution in [2.45, 2.75) is 26.7 Å². The van der Waals surface area contributed by atoms with Crippen LogP contribution >= 0.6 is 0 Å². The number of esters is 1. The molecule has 0 unspecified atom stereocenters. The standard InChI is InChI=1S/C13H16O3/c1-9-5-4-6-11(8-13(15)16-3)12(9)7-10(2)14/h4-6H,7-8H2,1-3H3. The Morgan fingerprint density at radius 1 is 1.25 bits per heavy atom. The van der Waals surface area contributed by atoms with Crippen molar-refractivity contribution in [2.24, 2.45) is 0 Å². The highest BCUT2D eigenvalue weighted by Gasteiger charge is 2.11. The number of hydrogen-bond acceptors (Lipinski definition) is 3. The molecule has 3 nitrogen and oxygen atoms in total. The third kappa shape index (κ3) is 3.19. The lowest BCUT2D eigenvalue weighted by Crippen LogP contribution is -2.10. The number of Topliss-reactive ketones (excluding diaryl/α,β-unsaturated/α-hetero) is 1. The molecule has 1 rings (SSSR count). The Kier molecular flexibility index (Phi) is 4.23. The summed E-state index contributed by atoms with van der Waals surface area (Å²) in [7, 11) is 1.36. The lowest BCUT2D eigenvalue weighted by atomic mass is 9.96. The maximum Gasteiger partial charge on any atom is 0.309 e. The van der Waals surface area contributed by atoms with Gasteiger partial charge < -0.3 is 4.74 Å². The molecule has 86 valence electrons. The summed E-state index contributed by atoms with van der Waals surface area (Å²) < 4.78 is 4.63. The van der Waals surface area contributed by atoms with Crippen LogP contribution < -0.4 is 0 Å². The molecule has 0 aliphatic heterocycles. The van der Waals surface area contributed by atoms with Gasteiger partial charge in [0, 0.05) is 6.42 Å². The summed E-state index contributed by atoms with van der Waals surface area (Å²) in [5.74, 6) is -0.184. The van der Waals surface area contributed by atoms with E-state index in [1.807, 2.05) is 25.1 Å². The second-order valence-electron chi connectivity index (χ2n) is 3.84. The van der Waals surface area contributed by atoms with Crippen LogP contribution in [0.25, 0.3) is 0 Å². The molecule has 0 aromatic heterocycles. The van der Waals surface area contributed by atoms with E-state index in [4.69, 9.17) is 0 Å². The fourth-order valence-corrected chi connectivity index (χ4v) is 1.66. The molecule has 0 aliphatic carbocycles. The summed E-state index contributed by atoms with van der Waals surface area (Å²) in [5.41, 5.74) is 2.86. The summed E-state index contributed by atoms with van der Waals surface area (Å²) in [5, 5.41) is 0. The second-order valence-corrected chi connectivity index (χ2v) is 3.84. The first-order chi connectivity index (χ1) is 7.54. The molecule has 1 aromatic rings. The lowest BCUT2D eigenvalue weighted by molar-refractivity contribution is -0.139. The molecular formula is C13H16O3. The number of methoxy groups -OCH3 is 1. The van der Waals surface area contributed by atoms with Crippen LogP contribution in [-0.2, 0) is 27.2 Å². The van der Waals surface area contributed by atoms with Gasteiger partial charge >= 0.3 is 5.97 Å². The van der Waals surface area contributed by atoms with Crippen molar-refractivity contribution >= 4 is 11.8 Å². The van der Waals surface area contributed by atoms with Crippen molar-refractivity contribution in [1.82, 2.24) is 0 Å². The molecule has 0 saturated heterocycles. The van der Waals surface area contributed by atoms with Crippen LogP contribution in [0.5, 0.6) is 0 Å². The van der Waals surface area contributed by atoms with E-state index in [1.54, 1.807) is 6.92 Å². The van der Waals surface area contributed by atoms with Crippen molar-refractivity contribution < 1.29 is 14.3 Å². The van der Waals surface area contributed by atoms with Crippen LogP contribution in [0.1, 0.15) is 23.6 Å². The molecular weight excluding hydrogens is 204 g/mol. The molecule has 0 atom stereocenters. The molecule has 0 heterocycles. The summed E-state index contributed by atoms with van der Waals surface area (Å²) in [4.78, 5) is 22.4. The Hall–Kier alpha value is -1.64. The van der Waals surface area contributed by atoms with E-state index in [2.05, 4.69) is 4.74 Å². The van der Waals surface area contributed by atoms with Crippen LogP contribution in [0.2, 0.25) is 0 Å². The van der Waals surface area contributed by atoms with E-state index in [1.165, 1.54) is 7.11 Å². The van der Waals surface area contributed by atoms with Crippen molar-refractivity contribution in [3.63, 3.8) is 0 Å². The van der Waals surface area contributed by atoms with E-state index in [0.29, 0.717) is 6.42 Å². The molecule has 0 amide bonds. The normalized spacial score (nSPS) is 9.94. The van der Waals surface area contributed by atoms with Gasteiger partial charge in [0.2, 0.25) is 0 Å². The fraction of sp³-hybridized carbons (Fsp3) is 0.385. The summed E-state index contributed by atoms with van der Waals surface area (Å²) in [6.45, 7) is 3.49. The van der Waals surface area contributed by atoms with Crippen LogP contribution in [-0.4, -0.2) is 18.9 Å². The van der Waals surface area contributed by atoms with Gasteiger partial charge in [0.15, 0.2) is 0 Å². The monoisotopic (exact) mass is 220 g/mol. The maximum atomic E-state index is 11.2. The minimum Gasteiger partial charge on any atom is -0.469 e. The first-order valence-electron chi connectivity index (χ1n) is 5.18. The molecule has 0 aliphatic rings. The minimum absolute atomic E-state index is 0.0976. The van der Waals surface area contributed by atoms with Crippen molar-refractivity contribution in [3.05, 3.63) is 34.9 Å². The Bertz CT molecular complexity index is 408. The fourth-order valence-electron chi connectivity index (χ4n) is 1.66. The molecule has 0 bridgehead atoms. The second kappa shape index (κ2) is 5.45. The van der Waals surface area contributed by atoms with Gasteiger partial charge in [0.25, 0.3) is 0 Å². The van der Waals surface area contributed by atoms with Gasteiger partial charge in [-0.05, 0) is 30.5 Å². The van der Waals surface area contributed by atoms with Crippen molar-refractivity contribution in [3.8, 4) is 0 Å². The smallest absolute Gasteiger partial charge is 0.309 e. The number of hydrogen-bond donors (Lipinski definition) is 0. The SMILES string of the molecule is COC(=O)Cc1cccc(C)c1CC(C)=O. The van der Waals surface area contributed by atoms with Crippen LogP contribution in [0.3, 0.4) is 0 Å². The average molecular weight is 220 g/mol. The third-order valence-corrected chi connectivity index (χ3v) is 2.50. The van der Waals surface area contributed by atoms with E-state index in [9.17, 15) is 9.59 Å². The largest absolute Gasteiger partial charge is 0.469 e. The first kappa shape index (κ1) is 12.4. The van der Waals surface area contributed by atoms with Gasteiger partial charge in [-0.2, -0.15) is 0 Å². The molecule has 0 N–H and O–H groups in total. The van der Waals surface area contributed by atoms with E-state index >= 15 is 0 Å². The van der Waals surface area contributed by atoms with E-state index < -0.39 is 0 Å². The van der Waals surface area contributed by atoms with Gasteiger partial charge in [-0.15, -0.1) is 0 Å². The zero-order chi connectivity index (χ0) is 12.1. The van der Waals surface area contributed by atoms with Gasteiger partial charge in [-0.25, -0.2) is 0 Å².